The maximum atomic E-state index is 12.5. The van der Waals surface area contributed by atoms with E-state index < -0.39 is 23.9 Å². The third-order valence-electron chi connectivity index (χ3n) is 3.28. The van der Waals surface area contributed by atoms with Crippen molar-refractivity contribution in [2.75, 3.05) is 14.2 Å². The molecule has 0 saturated heterocycles. The lowest BCUT2D eigenvalue weighted by molar-refractivity contribution is -0.149. The van der Waals surface area contributed by atoms with Gasteiger partial charge in [-0.25, -0.2) is 4.79 Å². The van der Waals surface area contributed by atoms with Gasteiger partial charge in [-0.05, 0) is 12.1 Å². The van der Waals surface area contributed by atoms with Crippen molar-refractivity contribution in [1.82, 2.24) is 10.3 Å². The summed E-state index contributed by atoms with van der Waals surface area (Å²) >= 11 is 0. The van der Waals surface area contributed by atoms with Gasteiger partial charge in [0.2, 0.25) is 0 Å². The Morgan fingerprint density at radius 1 is 1.13 bits per heavy atom. The molecule has 7 heteroatoms. The molecule has 0 aliphatic rings. The highest BCUT2D eigenvalue weighted by Crippen LogP contribution is 2.16. The van der Waals surface area contributed by atoms with Crippen LogP contribution in [0.1, 0.15) is 16.8 Å². The number of benzene rings is 1. The lowest BCUT2D eigenvalue weighted by Gasteiger charge is -2.16. The van der Waals surface area contributed by atoms with Gasteiger partial charge in [0.05, 0.1) is 31.7 Å². The number of esters is 2. The molecule has 0 spiro atoms. The smallest absolute Gasteiger partial charge is 0.328 e. The number of nitrogens with zero attached hydrogens (tertiary/aromatic N) is 1. The van der Waals surface area contributed by atoms with E-state index in [1.165, 1.54) is 20.4 Å². The summed E-state index contributed by atoms with van der Waals surface area (Å²) in [5, 5.41) is 3.15. The highest BCUT2D eigenvalue weighted by atomic mass is 16.5. The number of ether oxygens (including phenoxy) is 2. The van der Waals surface area contributed by atoms with E-state index in [0.717, 1.165) is 0 Å². The lowest BCUT2D eigenvalue weighted by atomic mass is 10.1. The SMILES string of the molecule is COC(=O)C[C@@H](NC(=O)c1ccnc2ccccc12)C(=O)OC. The first kappa shape index (κ1) is 16.4. The number of amides is 1. The van der Waals surface area contributed by atoms with Crippen LogP contribution in [0.25, 0.3) is 10.9 Å². The van der Waals surface area contributed by atoms with Gasteiger partial charge in [-0.2, -0.15) is 0 Å². The van der Waals surface area contributed by atoms with E-state index in [4.69, 9.17) is 0 Å². The van der Waals surface area contributed by atoms with Crippen LogP contribution < -0.4 is 5.32 Å². The van der Waals surface area contributed by atoms with Crippen LogP contribution in [0.2, 0.25) is 0 Å². The summed E-state index contributed by atoms with van der Waals surface area (Å²) in [5.74, 6) is -1.84. The van der Waals surface area contributed by atoms with E-state index in [2.05, 4.69) is 19.8 Å². The number of rotatable bonds is 5. The van der Waals surface area contributed by atoms with Gasteiger partial charge < -0.3 is 14.8 Å². The summed E-state index contributed by atoms with van der Waals surface area (Å²) in [4.78, 5) is 39.7. The van der Waals surface area contributed by atoms with Crippen LogP contribution >= 0.6 is 0 Å². The van der Waals surface area contributed by atoms with Crippen LogP contribution in [0.3, 0.4) is 0 Å². The van der Waals surface area contributed by atoms with Crippen LogP contribution in [0.5, 0.6) is 0 Å². The van der Waals surface area contributed by atoms with E-state index in [0.29, 0.717) is 16.5 Å². The second-order valence-corrected chi connectivity index (χ2v) is 4.71. The van der Waals surface area contributed by atoms with E-state index in [-0.39, 0.29) is 6.42 Å². The molecule has 0 fully saturated rings. The van der Waals surface area contributed by atoms with Crippen molar-refractivity contribution in [2.45, 2.75) is 12.5 Å². The number of carbonyl (C=O) groups is 3. The molecule has 0 radical (unpaired) electrons. The van der Waals surface area contributed by atoms with Crippen LogP contribution in [0.4, 0.5) is 0 Å². The molecule has 0 aliphatic heterocycles. The average Bonchev–Trinajstić information content (AvgIpc) is 2.59. The number of fused-ring (bicyclic) bond motifs is 1. The zero-order valence-corrected chi connectivity index (χ0v) is 12.7. The van der Waals surface area contributed by atoms with E-state index in [1.54, 1.807) is 24.3 Å². The number of aromatic nitrogens is 1. The predicted octanol–water partition coefficient (Wildman–Crippen LogP) is 1.07. The van der Waals surface area contributed by atoms with Gasteiger partial charge in [0.15, 0.2) is 0 Å². The Balaban J connectivity index is 2.26. The molecular formula is C16H16N2O5. The second kappa shape index (κ2) is 7.35. The van der Waals surface area contributed by atoms with Crippen molar-refractivity contribution in [2.24, 2.45) is 0 Å². The minimum atomic E-state index is -1.12. The van der Waals surface area contributed by atoms with Gasteiger partial charge in [-0.1, -0.05) is 18.2 Å². The number of nitrogens with one attached hydrogen (secondary N) is 1. The third-order valence-corrected chi connectivity index (χ3v) is 3.28. The molecule has 120 valence electrons. The summed E-state index contributed by atoms with van der Waals surface area (Å²) in [5.41, 5.74) is 1.01. The zero-order valence-electron chi connectivity index (χ0n) is 12.7. The normalized spacial score (nSPS) is 11.6. The van der Waals surface area contributed by atoms with Crippen LogP contribution in [-0.2, 0) is 19.1 Å². The standard InChI is InChI=1S/C16H16N2O5/c1-22-14(19)9-13(16(21)23-2)18-15(20)11-7-8-17-12-6-4-3-5-10(11)12/h3-8,13H,9H2,1-2H3,(H,18,20)/t13-/m1/s1. The number of para-hydroxylation sites is 1. The Bertz CT molecular complexity index is 739. The molecule has 0 saturated carbocycles. The molecule has 1 amide bonds. The molecule has 1 atom stereocenters. The maximum Gasteiger partial charge on any atom is 0.328 e. The molecule has 2 aromatic rings. The summed E-state index contributed by atoms with van der Waals surface area (Å²) in [6.45, 7) is 0. The monoisotopic (exact) mass is 316 g/mol. The molecular weight excluding hydrogens is 300 g/mol. The average molecular weight is 316 g/mol. The van der Waals surface area contributed by atoms with Gasteiger partial charge in [0, 0.05) is 11.6 Å². The highest BCUT2D eigenvalue weighted by Gasteiger charge is 2.26. The fourth-order valence-corrected chi connectivity index (χ4v) is 2.12. The van der Waals surface area contributed by atoms with E-state index >= 15 is 0 Å². The Kier molecular flexibility index (Phi) is 5.24. The Morgan fingerprint density at radius 3 is 2.57 bits per heavy atom. The minimum absolute atomic E-state index is 0.308. The number of hydrogen-bond acceptors (Lipinski definition) is 6. The first-order valence-corrected chi connectivity index (χ1v) is 6.86. The van der Waals surface area contributed by atoms with Crippen molar-refractivity contribution in [1.29, 1.82) is 0 Å². The van der Waals surface area contributed by atoms with Crippen LogP contribution in [0.15, 0.2) is 36.5 Å². The van der Waals surface area contributed by atoms with Crippen molar-refractivity contribution in [3.63, 3.8) is 0 Å². The summed E-state index contributed by atoms with van der Waals surface area (Å²) in [7, 11) is 2.38. The van der Waals surface area contributed by atoms with Crippen molar-refractivity contribution < 1.29 is 23.9 Å². The Morgan fingerprint density at radius 2 is 1.87 bits per heavy atom. The summed E-state index contributed by atoms with van der Waals surface area (Å²) in [6.07, 6.45) is 1.20. The first-order valence-electron chi connectivity index (χ1n) is 6.86. The molecule has 23 heavy (non-hydrogen) atoms. The quantitative estimate of drug-likeness (QED) is 0.829. The van der Waals surface area contributed by atoms with Crippen LogP contribution in [0, 0.1) is 0 Å². The summed E-state index contributed by atoms with van der Waals surface area (Å²) in [6, 6.07) is 7.55. The fraction of sp³-hybridized carbons (Fsp3) is 0.250. The summed E-state index contributed by atoms with van der Waals surface area (Å²) < 4.78 is 9.13. The molecule has 1 heterocycles. The number of pyridine rings is 1. The maximum absolute atomic E-state index is 12.5. The molecule has 7 nitrogen and oxygen atoms in total. The first-order chi connectivity index (χ1) is 11.1. The van der Waals surface area contributed by atoms with Gasteiger partial charge >= 0.3 is 11.9 Å². The second-order valence-electron chi connectivity index (χ2n) is 4.71. The van der Waals surface area contributed by atoms with Crippen molar-refractivity contribution in [3.8, 4) is 0 Å². The van der Waals surface area contributed by atoms with Crippen molar-refractivity contribution >= 4 is 28.7 Å². The molecule has 2 rings (SSSR count). The largest absolute Gasteiger partial charge is 0.469 e. The topological polar surface area (TPSA) is 94.6 Å². The minimum Gasteiger partial charge on any atom is -0.469 e. The molecule has 0 bridgehead atoms. The third kappa shape index (κ3) is 3.82. The Labute approximate surface area is 132 Å². The van der Waals surface area contributed by atoms with Gasteiger partial charge in [0.1, 0.15) is 6.04 Å². The number of carbonyl (C=O) groups excluding carboxylic acids is 3. The van der Waals surface area contributed by atoms with Gasteiger partial charge in [-0.3, -0.25) is 14.6 Å². The van der Waals surface area contributed by atoms with Crippen molar-refractivity contribution in [3.05, 3.63) is 42.1 Å². The molecule has 1 N–H and O–H groups in total. The highest BCUT2D eigenvalue weighted by molar-refractivity contribution is 6.07. The van der Waals surface area contributed by atoms with Gasteiger partial charge in [-0.15, -0.1) is 0 Å². The number of methoxy groups -OCH3 is 2. The molecule has 1 aromatic carbocycles. The Hall–Kier alpha value is -2.96. The van der Waals surface area contributed by atoms with Gasteiger partial charge in [0.25, 0.3) is 5.91 Å². The van der Waals surface area contributed by atoms with Crippen LogP contribution in [-0.4, -0.2) is 43.1 Å². The zero-order chi connectivity index (χ0) is 16.8. The molecule has 0 aliphatic carbocycles. The fourth-order valence-electron chi connectivity index (χ4n) is 2.12. The lowest BCUT2D eigenvalue weighted by Crippen LogP contribution is -2.43. The molecule has 1 aromatic heterocycles. The number of hydrogen-bond donors (Lipinski definition) is 1. The predicted molar refractivity (Wildman–Crippen MR) is 81.6 cm³/mol. The van der Waals surface area contributed by atoms with E-state index in [9.17, 15) is 14.4 Å². The molecule has 0 unspecified atom stereocenters. The van der Waals surface area contributed by atoms with E-state index in [1.807, 2.05) is 6.07 Å².